The van der Waals surface area contributed by atoms with E-state index in [4.69, 9.17) is 4.74 Å². The number of thiazole rings is 1. The molecule has 4 amide bonds. The van der Waals surface area contributed by atoms with Crippen LogP contribution in [0.5, 0.6) is 0 Å². The van der Waals surface area contributed by atoms with Gasteiger partial charge in [-0.3, -0.25) is 10.1 Å². The number of aromatic nitrogens is 1. The van der Waals surface area contributed by atoms with Gasteiger partial charge in [-0.25, -0.2) is 19.0 Å². The second kappa shape index (κ2) is 11.4. The predicted octanol–water partition coefficient (Wildman–Crippen LogP) is 2.49. The van der Waals surface area contributed by atoms with Gasteiger partial charge in [0.1, 0.15) is 5.82 Å². The van der Waals surface area contributed by atoms with Crippen LogP contribution >= 0.6 is 11.3 Å². The zero-order chi connectivity index (χ0) is 22.9. The molecular weight excluding hydrogens is 437 g/mol. The fourth-order valence-corrected chi connectivity index (χ4v) is 3.85. The van der Waals surface area contributed by atoms with Gasteiger partial charge in [0.05, 0.1) is 18.7 Å². The van der Waals surface area contributed by atoms with E-state index in [1.54, 1.807) is 34.2 Å². The van der Waals surface area contributed by atoms with Gasteiger partial charge in [0.2, 0.25) is 5.91 Å². The molecule has 1 aliphatic heterocycles. The second-order valence-corrected chi connectivity index (χ2v) is 8.01. The minimum atomic E-state index is -0.368. The van der Waals surface area contributed by atoms with Crippen molar-refractivity contribution in [2.45, 2.75) is 19.8 Å². The molecule has 1 aromatic heterocycles. The number of nitrogens with zero attached hydrogens (tertiary/aromatic N) is 3. The van der Waals surface area contributed by atoms with Gasteiger partial charge in [-0.2, -0.15) is 0 Å². The Kier molecular flexibility index (Phi) is 8.37. The van der Waals surface area contributed by atoms with E-state index < -0.39 is 0 Å². The number of ether oxygens (including phenoxy) is 1. The maximum atomic E-state index is 12.9. The lowest BCUT2D eigenvalue weighted by Crippen LogP contribution is -2.51. The Morgan fingerprint density at radius 3 is 2.50 bits per heavy atom. The molecular formula is C21H26FN5O4S. The highest BCUT2D eigenvalue weighted by Crippen LogP contribution is 2.17. The zero-order valence-corrected chi connectivity index (χ0v) is 18.6. The third kappa shape index (κ3) is 6.91. The Hall–Kier alpha value is -3.21. The van der Waals surface area contributed by atoms with Crippen LogP contribution in [-0.2, 0) is 22.4 Å². The Bertz CT molecular complexity index is 929. The van der Waals surface area contributed by atoms with Gasteiger partial charge >= 0.3 is 12.1 Å². The number of nitrogens with one attached hydrogen (secondary N) is 2. The van der Waals surface area contributed by atoms with Crippen LogP contribution in [-0.4, -0.2) is 72.1 Å². The molecule has 0 atom stereocenters. The topological polar surface area (TPSA) is 104 Å². The lowest BCUT2D eigenvalue weighted by atomic mass is 10.1. The monoisotopic (exact) mass is 463 g/mol. The summed E-state index contributed by atoms with van der Waals surface area (Å²) >= 11 is 1.25. The van der Waals surface area contributed by atoms with Gasteiger partial charge in [0.25, 0.3) is 0 Å². The molecule has 0 bridgehead atoms. The van der Waals surface area contributed by atoms with Gasteiger partial charge < -0.3 is 19.9 Å². The average molecular weight is 464 g/mol. The fraction of sp³-hybridized carbons (Fsp3) is 0.429. The number of amides is 4. The van der Waals surface area contributed by atoms with E-state index in [1.165, 1.54) is 23.5 Å². The third-order valence-corrected chi connectivity index (χ3v) is 5.66. The number of benzene rings is 1. The number of urea groups is 1. The molecule has 2 N–H and O–H groups in total. The molecule has 3 rings (SSSR count). The number of anilines is 1. The summed E-state index contributed by atoms with van der Waals surface area (Å²) < 4.78 is 17.9. The molecule has 0 saturated carbocycles. The molecule has 9 nitrogen and oxygen atoms in total. The first-order chi connectivity index (χ1) is 15.4. The first kappa shape index (κ1) is 23.5. The van der Waals surface area contributed by atoms with Crippen molar-refractivity contribution in [2.24, 2.45) is 0 Å². The fourth-order valence-electron chi connectivity index (χ4n) is 3.15. The van der Waals surface area contributed by atoms with Gasteiger partial charge in [0.15, 0.2) is 5.13 Å². The normalized spacial score (nSPS) is 13.6. The number of hydrogen-bond donors (Lipinski definition) is 2. The SMILES string of the molecule is CCOC(=O)N1CCN(C(=O)Nc2nc(CC(=O)NCCc3ccc(F)cc3)cs2)CC1. The van der Waals surface area contributed by atoms with E-state index in [0.29, 0.717) is 56.6 Å². The standard InChI is InChI=1S/C21H26FN5O4S/c1-2-31-21(30)27-11-9-26(10-12-27)20(29)25-19-24-17(14-32-19)13-18(28)23-8-7-15-3-5-16(22)6-4-15/h3-6,14H,2,7-13H2,1H3,(H,23,28)(H,24,25,29). The first-order valence-corrected chi connectivity index (χ1v) is 11.3. The summed E-state index contributed by atoms with van der Waals surface area (Å²) in [6.45, 7) is 4.13. The van der Waals surface area contributed by atoms with E-state index in [0.717, 1.165) is 5.56 Å². The quantitative estimate of drug-likeness (QED) is 0.657. The van der Waals surface area contributed by atoms with Crippen LogP contribution in [0.4, 0.5) is 19.1 Å². The van der Waals surface area contributed by atoms with Crippen LogP contribution in [0.1, 0.15) is 18.2 Å². The number of piperazine rings is 1. The van der Waals surface area contributed by atoms with Crippen molar-refractivity contribution in [1.82, 2.24) is 20.1 Å². The Morgan fingerprint density at radius 2 is 1.81 bits per heavy atom. The van der Waals surface area contributed by atoms with Crippen molar-refractivity contribution in [3.63, 3.8) is 0 Å². The number of hydrogen-bond acceptors (Lipinski definition) is 6. The predicted molar refractivity (Wildman–Crippen MR) is 118 cm³/mol. The summed E-state index contributed by atoms with van der Waals surface area (Å²) in [4.78, 5) is 43.8. The summed E-state index contributed by atoms with van der Waals surface area (Å²) in [5, 5.41) is 7.70. The second-order valence-electron chi connectivity index (χ2n) is 7.15. The van der Waals surface area contributed by atoms with Crippen LogP contribution in [0.25, 0.3) is 0 Å². The minimum absolute atomic E-state index is 0.105. The Labute approximate surface area is 189 Å². The van der Waals surface area contributed by atoms with Gasteiger partial charge in [-0.05, 0) is 31.0 Å². The summed E-state index contributed by atoms with van der Waals surface area (Å²) in [6, 6.07) is 5.87. The molecule has 1 fully saturated rings. The highest BCUT2D eigenvalue weighted by molar-refractivity contribution is 7.13. The number of rotatable bonds is 7. The van der Waals surface area contributed by atoms with E-state index >= 15 is 0 Å². The number of carbonyl (C=O) groups is 3. The lowest BCUT2D eigenvalue weighted by molar-refractivity contribution is -0.120. The molecule has 1 saturated heterocycles. The van der Waals surface area contributed by atoms with Crippen molar-refractivity contribution in [3.05, 3.63) is 46.7 Å². The van der Waals surface area contributed by atoms with Crippen LogP contribution < -0.4 is 10.6 Å². The third-order valence-electron chi connectivity index (χ3n) is 4.85. The Balaban J connectivity index is 1.38. The molecule has 1 aliphatic rings. The average Bonchev–Trinajstić information content (AvgIpc) is 3.22. The number of halogens is 1. The largest absolute Gasteiger partial charge is 0.450 e. The highest BCUT2D eigenvalue weighted by Gasteiger charge is 2.25. The molecule has 1 aromatic carbocycles. The van der Waals surface area contributed by atoms with E-state index in [-0.39, 0.29) is 30.3 Å². The van der Waals surface area contributed by atoms with Crippen molar-refractivity contribution in [2.75, 3.05) is 44.6 Å². The summed E-state index contributed by atoms with van der Waals surface area (Å²) in [5.41, 5.74) is 1.50. The van der Waals surface area contributed by atoms with E-state index in [9.17, 15) is 18.8 Å². The van der Waals surface area contributed by atoms with Crippen LogP contribution in [0.15, 0.2) is 29.6 Å². The molecule has 11 heteroatoms. The lowest BCUT2D eigenvalue weighted by Gasteiger charge is -2.33. The van der Waals surface area contributed by atoms with Crippen molar-refractivity contribution < 1.29 is 23.5 Å². The molecule has 0 spiro atoms. The molecule has 0 unspecified atom stereocenters. The maximum absolute atomic E-state index is 12.9. The van der Waals surface area contributed by atoms with Crippen LogP contribution in [0.2, 0.25) is 0 Å². The van der Waals surface area contributed by atoms with Crippen LogP contribution in [0, 0.1) is 5.82 Å². The van der Waals surface area contributed by atoms with Crippen molar-refractivity contribution in [3.8, 4) is 0 Å². The first-order valence-electron chi connectivity index (χ1n) is 10.4. The zero-order valence-electron chi connectivity index (χ0n) is 17.8. The highest BCUT2D eigenvalue weighted by atomic mass is 32.1. The van der Waals surface area contributed by atoms with Crippen molar-refractivity contribution >= 4 is 34.5 Å². The molecule has 32 heavy (non-hydrogen) atoms. The summed E-state index contributed by atoms with van der Waals surface area (Å²) in [7, 11) is 0. The van der Waals surface area contributed by atoms with Crippen LogP contribution in [0.3, 0.4) is 0 Å². The summed E-state index contributed by atoms with van der Waals surface area (Å²) in [6.07, 6.45) is 0.343. The maximum Gasteiger partial charge on any atom is 0.409 e. The number of carbonyl (C=O) groups excluding carboxylic acids is 3. The molecule has 0 radical (unpaired) electrons. The van der Waals surface area contributed by atoms with E-state index in [2.05, 4.69) is 15.6 Å². The van der Waals surface area contributed by atoms with E-state index in [1.807, 2.05) is 0 Å². The van der Waals surface area contributed by atoms with Gasteiger partial charge in [-0.1, -0.05) is 12.1 Å². The molecule has 2 heterocycles. The minimum Gasteiger partial charge on any atom is -0.450 e. The summed E-state index contributed by atoms with van der Waals surface area (Å²) in [5.74, 6) is -0.464. The van der Waals surface area contributed by atoms with Gasteiger partial charge in [-0.15, -0.1) is 11.3 Å². The molecule has 0 aliphatic carbocycles. The molecule has 172 valence electrons. The molecule has 2 aromatic rings. The van der Waals surface area contributed by atoms with Crippen molar-refractivity contribution in [1.29, 1.82) is 0 Å². The van der Waals surface area contributed by atoms with Gasteiger partial charge in [0, 0.05) is 38.1 Å². The Morgan fingerprint density at radius 1 is 1.12 bits per heavy atom. The smallest absolute Gasteiger partial charge is 0.409 e.